The number of benzene rings is 1. The Labute approximate surface area is 122 Å². The van der Waals surface area contributed by atoms with Gasteiger partial charge in [0.1, 0.15) is 5.60 Å². The van der Waals surface area contributed by atoms with Gasteiger partial charge in [-0.25, -0.2) is 0 Å². The van der Waals surface area contributed by atoms with E-state index in [1.807, 2.05) is 0 Å². The Balaban J connectivity index is 2.01. The minimum absolute atomic E-state index is 0.570. The largest absolute Gasteiger partial charge is 0.381 e. The first-order valence-corrected chi connectivity index (χ1v) is 8.23. The van der Waals surface area contributed by atoms with E-state index in [1.165, 1.54) is 42.4 Å². The van der Waals surface area contributed by atoms with Crippen molar-refractivity contribution in [3.05, 3.63) is 47.0 Å². The van der Waals surface area contributed by atoms with Crippen LogP contribution in [0.5, 0.6) is 0 Å². The van der Waals surface area contributed by atoms with Crippen LogP contribution in [-0.4, -0.2) is 5.11 Å². The Morgan fingerprint density at radius 2 is 1.90 bits per heavy atom. The molecule has 0 saturated heterocycles. The SMILES string of the molecule is CC1CCC(O)(/C2=C/CCCCCC2)c2ccccc21. The van der Waals surface area contributed by atoms with E-state index in [4.69, 9.17) is 0 Å². The zero-order chi connectivity index (χ0) is 14.0. The lowest BCUT2D eigenvalue weighted by Gasteiger charge is -2.39. The molecule has 0 spiro atoms. The molecule has 0 fully saturated rings. The summed E-state index contributed by atoms with van der Waals surface area (Å²) in [6, 6.07) is 8.52. The average molecular weight is 270 g/mol. The van der Waals surface area contributed by atoms with Gasteiger partial charge in [-0.1, -0.05) is 50.1 Å². The molecule has 108 valence electrons. The van der Waals surface area contributed by atoms with Crippen LogP contribution >= 0.6 is 0 Å². The van der Waals surface area contributed by atoms with Gasteiger partial charge in [0, 0.05) is 0 Å². The zero-order valence-corrected chi connectivity index (χ0v) is 12.6. The van der Waals surface area contributed by atoms with E-state index >= 15 is 0 Å². The first-order valence-electron chi connectivity index (χ1n) is 8.23. The topological polar surface area (TPSA) is 20.2 Å². The molecule has 0 aromatic heterocycles. The highest BCUT2D eigenvalue weighted by atomic mass is 16.3. The molecule has 1 aromatic carbocycles. The van der Waals surface area contributed by atoms with Crippen LogP contribution in [0.25, 0.3) is 0 Å². The molecule has 0 amide bonds. The molecule has 0 saturated carbocycles. The van der Waals surface area contributed by atoms with E-state index < -0.39 is 5.60 Å². The molecule has 0 bridgehead atoms. The van der Waals surface area contributed by atoms with Crippen LogP contribution in [0.15, 0.2) is 35.9 Å². The molecule has 3 rings (SSSR count). The van der Waals surface area contributed by atoms with Crippen LogP contribution in [0.4, 0.5) is 0 Å². The number of allylic oxidation sites excluding steroid dienone is 1. The number of hydrogen-bond acceptors (Lipinski definition) is 1. The molecule has 0 radical (unpaired) electrons. The number of aliphatic hydroxyl groups is 1. The Morgan fingerprint density at radius 1 is 1.10 bits per heavy atom. The fourth-order valence-corrected chi connectivity index (χ4v) is 3.92. The van der Waals surface area contributed by atoms with Gasteiger partial charge < -0.3 is 5.11 Å². The van der Waals surface area contributed by atoms with Gasteiger partial charge in [0.25, 0.3) is 0 Å². The summed E-state index contributed by atoms with van der Waals surface area (Å²) in [4.78, 5) is 0. The van der Waals surface area contributed by atoms with E-state index in [9.17, 15) is 5.11 Å². The summed E-state index contributed by atoms with van der Waals surface area (Å²) in [5, 5.41) is 11.4. The normalized spacial score (nSPS) is 33.5. The lowest BCUT2D eigenvalue weighted by molar-refractivity contribution is 0.0491. The average Bonchev–Trinajstić information content (AvgIpc) is 2.43. The Morgan fingerprint density at radius 3 is 2.80 bits per heavy atom. The molecular weight excluding hydrogens is 244 g/mol. The van der Waals surface area contributed by atoms with Crippen molar-refractivity contribution >= 4 is 0 Å². The molecule has 2 atom stereocenters. The van der Waals surface area contributed by atoms with Crippen molar-refractivity contribution in [1.29, 1.82) is 0 Å². The molecule has 0 heterocycles. The molecule has 20 heavy (non-hydrogen) atoms. The number of fused-ring (bicyclic) bond motifs is 1. The Hall–Kier alpha value is -1.08. The summed E-state index contributed by atoms with van der Waals surface area (Å²) in [6.45, 7) is 2.28. The molecule has 1 heteroatoms. The van der Waals surface area contributed by atoms with Crippen LogP contribution < -0.4 is 0 Å². The third-order valence-electron chi connectivity index (χ3n) is 5.20. The van der Waals surface area contributed by atoms with Gasteiger partial charge in [-0.2, -0.15) is 0 Å². The van der Waals surface area contributed by atoms with Crippen molar-refractivity contribution in [3.8, 4) is 0 Å². The summed E-state index contributed by atoms with van der Waals surface area (Å²) >= 11 is 0. The predicted octanol–water partition coefficient (Wildman–Crippen LogP) is 5.05. The minimum atomic E-state index is -0.694. The number of rotatable bonds is 1. The van der Waals surface area contributed by atoms with Crippen molar-refractivity contribution in [2.75, 3.05) is 0 Å². The lowest BCUT2D eigenvalue weighted by atomic mass is 9.69. The lowest BCUT2D eigenvalue weighted by Crippen LogP contribution is -2.34. The van der Waals surface area contributed by atoms with Crippen molar-refractivity contribution in [1.82, 2.24) is 0 Å². The van der Waals surface area contributed by atoms with Gasteiger partial charge in [-0.05, 0) is 61.1 Å². The summed E-state index contributed by atoms with van der Waals surface area (Å²) in [6.07, 6.45) is 11.7. The third-order valence-corrected chi connectivity index (χ3v) is 5.20. The second-order valence-electron chi connectivity index (χ2n) is 6.57. The quantitative estimate of drug-likeness (QED) is 0.708. The molecule has 2 aliphatic rings. The first kappa shape index (κ1) is 13.9. The Kier molecular flexibility index (Phi) is 3.98. The van der Waals surface area contributed by atoms with Crippen molar-refractivity contribution in [3.63, 3.8) is 0 Å². The molecule has 1 nitrogen and oxygen atoms in total. The highest BCUT2D eigenvalue weighted by Crippen LogP contribution is 2.46. The smallest absolute Gasteiger partial charge is 0.111 e. The monoisotopic (exact) mass is 270 g/mol. The van der Waals surface area contributed by atoms with Gasteiger partial charge >= 0.3 is 0 Å². The molecule has 1 aromatic rings. The standard InChI is InChI=1S/C19H26O/c1-15-13-14-19(20,18-12-8-7-11-17(15)18)16-9-5-3-2-4-6-10-16/h7-9,11-12,15,20H,2-6,10,13-14H2,1H3/b16-9+. The molecule has 0 aliphatic heterocycles. The van der Waals surface area contributed by atoms with E-state index in [0.29, 0.717) is 5.92 Å². The van der Waals surface area contributed by atoms with Gasteiger partial charge in [0.2, 0.25) is 0 Å². The van der Waals surface area contributed by atoms with Crippen molar-refractivity contribution in [2.45, 2.75) is 69.8 Å². The van der Waals surface area contributed by atoms with E-state index in [-0.39, 0.29) is 0 Å². The maximum absolute atomic E-state index is 11.4. The van der Waals surface area contributed by atoms with E-state index in [2.05, 4.69) is 37.3 Å². The summed E-state index contributed by atoms with van der Waals surface area (Å²) in [5.41, 5.74) is 3.12. The van der Waals surface area contributed by atoms with Crippen LogP contribution in [0.3, 0.4) is 0 Å². The maximum atomic E-state index is 11.4. The maximum Gasteiger partial charge on any atom is 0.111 e. The fraction of sp³-hybridized carbons (Fsp3) is 0.579. The molecule has 2 unspecified atom stereocenters. The zero-order valence-electron chi connectivity index (χ0n) is 12.6. The van der Waals surface area contributed by atoms with E-state index in [1.54, 1.807) is 0 Å². The van der Waals surface area contributed by atoms with Crippen LogP contribution in [0, 0.1) is 0 Å². The second kappa shape index (κ2) is 5.73. The fourth-order valence-electron chi connectivity index (χ4n) is 3.92. The van der Waals surface area contributed by atoms with Gasteiger partial charge in [-0.15, -0.1) is 0 Å². The van der Waals surface area contributed by atoms with Crippen molar-refractivity contribution < 1.29 is 5.11 Å². The van der Waals surface area contributed by atoms with E-state index in [0.717, 1.165) is 25.7 Å². The summed E-state index contributed by atoms with van der Waals surface area (Å²) in [5.74, 6) is 0.570. The van der Waals surface area contributed by atoms with Crippen LogP contribution in [-0.2, 0) is 5.60 Å². The minimum Gasteiger partial charge on any atom is -0.381 e. The summed E-state index contributed by atoms with van der Waals surface area (Å²) < 4.78 is 0. The van der Waals surface area contributed by atoms with Crippen molar-refractivity contribution in [2.24, 2.45) is 0 Å². The Bertz CT molecular complexity index is 502. The molecular formula is C19H26O. The summed E-state index contributed by atoms with van der Waals surface area (Å²) in [7, 11) is 0. The third kappa shape index (κ3) is 2.44. The highest BCUT2D eigenvalue weighted by molar-refractivity contribution is 5.43. The molecule has 2 aliphatic carbocycles. The molecule has 1 N–H and O–H groups in total. The predicted molar refractivity (Wildman–Crippen MR) is 83.8 cm³/mol. The van der Waals surface area contributed by atoms with Gasteiger partial charge in [0.05, 0.1) is 0 Å². The van der Waals surface area contributed by atoms with Crippen LogP contribution in [0.2, 0.25) is 0 Å². The second-order valence-corrected chi connectivity index (χ2v) is 6.57. The highest BCUT2D eigenvalue weighted by Gasteiger charge is 2.39. The van der Waals surface area contributed by atoms with Gasteiger partial charge in [0.15, 0.2) is 0 Å². The first-order chi connectivity index (χ1) is 9.72. The number of hydrogen-bond donors (Lipinski definition) is 1. The van der Waals surface area contributed by atoms with Crippen LogP contribution in [0.1, 0.15) is 75.3 Å². The van der Waals surface area contributed by atoms with Gasteiger partial charge in [-0.3, -0.25) is 0 Å².